The Hall–Kier alpha value is -4.06. The van der Waals surface area contributed by atoms with Gasteiger partial charge in [0.15, 0.2) is 11.5 Å². The number of carbonyl (C=O) groups is 1. The van der Waals surface area contributed by atoms with E-state index in [1.54, 1.807) is 30.1 Å². The van der Waals surface area contributed by atoms with Crippen LogP contribution in [0.4, 0.5) is 0 Å². The molecule has 31 heavy (non-hydrogen) atoms. The van der Waals surface area contributed by atoms with Gasteiger partial charge in [-0.1, -0.05) is 36.4 Å². The summed E-state index contributed by atoms with van der Waals surface area (Å²) in [5, 5.41) is 7.13. The lowest BCUT2D eigenvalue weighted by Gasteiger charge is -2.13. The molecule has 6 heteroatoms. The van der Waals surface area contributed by atoms with E-state index in [0.29, 0.717) is 30.2 Å². The molecule has 1 heterocycles. The van der Waals surface area contributed by atoms with Gasteiger partial charge in [0, 0.05) is 24.5 Å². The number of ether oxygens (including phenoxy) is 2. The lowest BCUT2D eigenvalue weighted by molar-refractivity contribution is 0.0951. The Balaban J connectivity index is 1.36. The molecule has 0 saturated carbocycles. The highest BCUT2D eigenvalue weighted by Gasteiger charge is 2.09. The largest absolute Gasteiger partial charge is 0.493 e. The summed E-state index contributed by atoms with van der Waals surface area (Å²) in [5.41, 5.74) is 3.49. The van der Waals surface area contributed by atoms with Crippen molar-refractivity contribution in [3.05, 3.63) is 108 Å². The van der Waals surface area contributed by atoms with Crippen molar-refractivity contribution in [1.82, 2.24) is 15.1 Å². The van der Waals surface area contributed by atoms with Crippen molar-refractivity contribution in [2.45, 2.75) is 13.2 Å². The second-order valence-corrected chi connectivity index (χ2v) is 6.94. The van der Waals surface area contributed by atoms with Gasteiger partial charge in [-0.05, 0) is 53.6 Å². The van der Waals surface area contributed by atoms with Crippen LogP contribution in [0, 0.1) is 0 Å². The molecule has 0 saturated heterocycles. The fourth-order valence-electron chi connectivity index (χ4n) is 3.15. The molecule has 0 unspecified atom stereocenters. The average Bonchev–Trinajstić information content (AvgIpc) is 3.37. The molecule has 6 nitrogen and oxygen atoms in total. The fraction of sp³-hybridized carbons (Fsp3) is 0.120. The van der Waals surface area contributed by atoms with Crippen molar-refractivity contribution < 1.29 is 14.3 Å². The van der Waals surface area contributed by atoms with Gasteiger partial charge < -0.3 is 14.8 Å². The van der Waals surface area contributed by atoms with Crippen LogP contribution in [0.1, 0.15) is 21.5 Å². The van der Waals surface area contributed by atoms with Gasteiger partial charge in [-0.3, -0.25) is 4.79 Å². The zero-order chi connectivity index (χ0) is 21.5. The minimum atomic E-state index is -0.143. The van der Waals surface area contributed by atoms with Crippen molar-refractivity contribution >= 4 is 5.91 Å². The van der Waals surface area contributed by atoms with E-state index in [2.05, 4.69) is 10.4 Å². The Morgan fingerprint density at radius 3 is 2.45 bits per heavy atom. The molecule has 0 fully saturated rings. The van der Waals surface area contributed by atoms with Crippen molar-refractivity contribution in [3.63, 3.8) is 0 Å². The highest BCUT2D eigenvalue weighted by molar-refractivity contribution is 5.94. The predicted molar refractivity (Wildman–Crippen MR) is 119 cm³/mol. The average molecular weight is 413 g/mol. The maximum atomic E-state index is 12.5. The van der Waals surface area contributed by atoms with Crippen LogP contribution in [0.3, 0.4) is 0 Å². The first-order valence-electron chi connectivity index (χ1n) is 9.95. The van der Waals surface area contributed by atoms with Gasteiger partial charge in [0.25, 0.3) is 5.91 Å². The van der Waals surface area contributed by atoms with Gasteiger partial charge in [0.1, 0.15) is 6.61 Å². The molecule has 1 amide bonds. The van der Waals surface area contributed by atoms with E-state index < -0.39 is 0 Å². The quantitative estimate of drug-likeness (QED) is 0.465. The van der Waals surface area contributed by atoms with Gasteiger partial charge in [-0.25, -0.2) is 4.68 Å². The summed E-state index contributed by atoms with van der Waals surface area (Å²) in [6.45, 7) is 0.844. The zero-order valence-corrected chi connectivity index (χ0v) is 17.2. The van der Waals surface area contributed by atoms with Gasteiger partial charge in [-0.15, -0.1) is 0 Å². The molecule has 0 bridgehead atoms. The third kappa shape index (κ3) is 5.11. The van der Waals surface area contributed by atoms with E-state index in [1.165, 1.54) is 0 Å². The lowest BCUT2D eigenvalue weighted by Crippen LogP contribution is -2.22. The molecule has 0 aliphatic carbocycles. The summed E-state index contributed by atoms with van der Waals surface area (Å²) in [7, 11) is 1.61. The van der Waals surface area contributed by atoms with Crippen molar-refractivity contribution in [1.29, 1.82) is 0 Å². The zero-order valence-electron chi connectivity index (χ0n) is 17.2. The third-order valence-electron chi connectivity index (χ3n) is 4.82. The molecule has 4 rings (SSSR count). The standard InChI is InChI=1S/C25H23N3O3/c1-30-24-16-20(8-13-23(24)31-18-19-6-3-2-4-7-19)17-26-25(29)21-9-11-22(12-10-21)28-15-5-14-27-28/h2-16H,17-18H2,1H3,(H,26,29). The monoisotopic (exact) mass is 413 g/mol. The first kappa shape index (κ1) is 20.2. The SMILES string of the molecule is COc1cc(CNC(=O)c2ccc(-n3cccn3)cc2)ccc1OCc1ccccc1. The van der Waals surface area contributed by atoms with Crippen LogP contribution in [0.15, 0.2) is 91.3 Å². The number of hydrogen-bond donors (Lipinski definition) is 1. The van der Waals surface area contributed by atoms with Crippen molar-refractivity contribution in [2.24, 2.45) is 0 Å². The smallest absolute Gasteiger partial charge is 0.251 e. The Morgan fingerprint density at radius 1 is 0.935 bits per heavy atom. The minimum Gasteiger partial charge on any atom is -0.493 e. The molecule has 0 spiro atoms. The Labute approximate surface area is 181 Å². The van der Waals surface area contributed by atoms with Gasteiger partial charge in [0.05, 0.1) is 12.8 Å². The van der Waals surface area contributed by atoms with Crippen LogP contribution in [-0.4, -0.2) is 22.8 Å². The summed E-state index contributed by atoms with van der Waals surface area (Å²) in [4.78, 5) is 12.5. The van der Waals surface area contributed by atoms with E-state index >= 15 is 0 Å². The van der Waals surface area contributed by atoms with E-state index in [0.717, 1.165) is 16.8 Å². The second-order valence-electron chi connectivity index (χ2n) is 6.94. The first-order chi connectivity index (χ1) is 15.2. The molecule has 0 aliphatic heterocycles. The topological polar surface area (TPSA) is 65.4 Å². The molecule has 156 valence electrons. The Morgan fingerprint density at radius 2 is 1.74 bits per heavy atom. The van der Waals surface area contributed by atoms with E-state index in [4.69, 9.17) is 9.47 Å². The number of nitrogens with zero attached hydrogens (tertiary/aromatic N) is 2. The maximum Gasteiger partial charge on any atom is 0.251 e. The number of carbonyl (C=O) groups excluding carboxylic acids is 1. The number of amides is 1. The number of aromatic nitrogens is 2. The van der Waals surface area contributed by atoms with E-state index in [-0.39, 0.29) is 5.91 Å². The number of rotatable bonds is 8. The van der Waals surface area contributed by atoms with Gasteiger partial charge in [-0.2, -0.15) is 5.10 Å². The number of nitrogens with one attached hydrogen (secondary N) is 1. The summed E-state index contributed by atoms with van der Waals surface area (Å²) in [5.74, 6) is 1.15. The second kappa shape index (κ2) is 9.63. The third-order valence-corrected chi connectivity index (χ3v) is 4.82. The highest BCUT2D eigenvalue weighted by Crippen LogP contribution is 2.29. The molecule has 1 aromatic heterocycles. The first-order valence-corrected chi connectivity index (χ1v) is 9.95. The van der Waals surface area contributed by atoms with Crippen LogP contribution in [-0.2, 0) is 13.2 Å². The summed E-state index contributed by atoms with van der Waals surface area (Å²) in [6, 6.07) is 24.8. The molecule has 1 N–H and O–H groups in total. The van der Waals surface area contributed by atoms with Crippen LogP contribution >= 0.6 is 0 Å². The summed E-state index contributed by atoms with van der Waals surface area (Å²) >= 11 is 0. The fourth-order valence-corrected chi connectivity index (χ4v) is 3.15. The number of benzene rings is 3. The van der Waals surface area contributed by atoms with Crippen LogP contribution in [0.25, 0.3) is 5.69 Å². The Bertz CT molecular complexity index is 1120. The predicted octanol–water partition coefficient (Wildman–Crippen LogP) is 4.39. The summed E-state index contributed by atoms with van der Waals surface area (Å²) in [6.07, 6.45) is 3.57. The highest BCUT2D eigenvalue weighted by atomic mass is 16.5. The molecule has 0 radical (unpaired) electrons. The minimum absolute atomic E-state index is 0.143. The Kier molecular flexibility index (Phi) is 6.28. The molecule has 0 aliphatic rings. The van der Waals surface area contributed by atoms with E-state index in [1.807, 2.05) is 72.9 Å². The summed E-state index contributed by atoms with van der Waals surface area (Å²) < 4.78 is 13.1. The van der Waals surface area contributed by atoms with Gasteiger partial charge in [0.2, 0.25) is 0 Å². The molecule has 0 atom stereocenters. The molecule has 3 aromatic carbocycles. The van der Waals surface area contributed by atoms with Crippen molar-refractivity contribution in [3.8, 4) is 17.2 Å². The normalized spacial score (nSPS) is 10.5. The molecular weight excluding hydrogens is 390 g/mol. The van der Waals surface area contributed by atoms with Gasteiger partial charge >= 0.3 is 0 Å². The van der Waals surface area contributed by atoms with E-state index in [9.17, 15) is 4.79 Å². The van der Waals surface area contributed by atoms with Crippen LogP contribution in [0.2, 0.25) is 0 Å². The number of methoxy groups -OCH3 is 1. The maximum absolute atomic E-state index is 12.5. The molecule has 4 aromatic rings. The number of hydrogen-bond acceptors (Lipinski definition) is 4. The molecular formula is C25H23N3O3. The van der Waals surface area contributed by atoms with Crippen LogP contribution < -0.4 is 14.8 Å². The van der Waals surface area contributed by atoms with Crippen molar-refractivity contribution in [2.75, 3.05) is 7.11 Å². The lowest BCUT2D eigenvalue weighted by atomic mass is 10.1. The van der Waals surface area contributed by atoms with Crippen LogP contribution in [0.5, 0.6) is 11.5 Å².